The SMILES string of the molecule is CC(C)[C@H](NC(=O)[C@@H](N)CCCNC(=N)N)C(=O)N[C@@H](Cc1c[nH]c2ccccc12)C(=O)N[C@@H](Cc1ccccc1)C(=O)N[C@@H](CCCCN)C(=O)N[C@@H](CCCNC(=N)N)C(=O)N[C@@H](CCCNC(=N)N)C(=O)N[C@@H](Cc1c[nH]c2ccccc12)C(=O)N[C@@H](Cc1c[nH]c2ccccc12)C(=O)O. The number of carboxylic acids is 1. The molecule has 3 aromatic heterocycles. The number of carboxylic acid groups (broad SMARTS) is 1. The minimum absolute atomic E-state index is 0.0277. The summed E-state index contributed by atoms with van der Waals surface area (Å²) in [6.45, 7) is 4.03. The zero-order chi connectivity index (χ0) is 74.5. The van der Waals surface area contributed by atoms with Gasteiger partial charge in [0.05, 0.1) is 6.04 Å². The Bertz CT molecular complexity index is 4060. The number of aromatic nitrogens is 3. The number of nitrogens with two attached hydrogens (primary N) is 5. The van der Waals surface area contributed by atoms with Crippen LogP contribution in [-0.2, 0) is 68.8 Å². The lowest BCUT2D eigenvalue weighted by Crippen LogP contribution is -2.61. The summed E-state index contributed by atoms with van der Waals surface area (Å²) < 4.78 is 0. The molecule has 552 valence electrons. The number of benzene rings is 4. The van der Waals surface area contributed by atoms with E-state index in [0.29, 0.717) is 35.1 Å². The molecule has 3 heterocycles. The molecule has 0 spiro atoms. The van der Waals surface area contributed by atoms with Crippen molar-refractivity contribution in [3.63, 3.8) is 0 Å². The highest BCUT2D eigenvalue weighted by atomic mass is 16.4. The van der Waals surface area contributed by atoms with Crippen molar-refractivity contribution in [1.29, 1.82) is 16.2 Å². The molecule has 0 unspecified atom stereocenters. The first kappa shape index (κ1) is 78.8. The molecule has 9 atom stereocenters. The zero-order valence-electron chi connectivity index (χ0n) is 57.8. The molecule has 0 aliphatic rings. The second-order valence-corrected chi connectivity index (χ2v) is 25.7. The molecule has 32 nitrogen and oxygen atoms in total. The van der Waals surface area contributed by atoms with Gasteiger partial charge in [0.15, 0.2) is 17.9 Å². The predicted molar refractivity (Wildman–Crippen MR) is 392 cm³/mol. The number of guanidine groups is 3. The molecule has 103 heavy (non-hydrogen) atoms. The van der Waals surface area contributed by atoms with Gasteiger partial charge < -0.3 is 107 Å². The Kier molecular flexibility index (Phi) is 30.2. The van der Waals surface area contributed by atoms with E-state index in [9.17, 15) is 29.1 Å². The highest BCUT2D eigenvalue weighted by Crippen LogP contribution is 2.23. The number of nitrogens with one attached hydrogen (secondary N) is 17. The van der Waals surface area contributed by atoms with E-state index < -0.39 is 114 Å². The van der Waals surface area contributed by atoms with E-state index in [0.717, 1.165) is 32.7 Å². The first-order valence-corrected chi connectivity index (χ1v) is 34.4. The first-order chi connectivity index (χ1) is 49.4. The van der Waals surface area contributed by atoms with Gasteiger partial charge in [-0.2, -0.15) is 0 Å². The van der Waals surface area contributed by atoms with Crippen LogP contribution < -0.4 is 87.2 Å². The average Bonchev–Trinajstić information content (AvgIpc) is 1.59. The third-order valence-electron chi connectivity index (χ3n) is 17.5. The Labute approximate surface area is 595 Å². The molecule has 0 saturated heterocycles. The van der Waals surface area contributed by atoms with E-state index in [1.807, 2.05) is 60.7 Å². The number of aliphatic carboxylic acids is 1. The number of hydrogen-bond donors (Lipinski definition) is 23. The minimum Gasteiger partial charge on any atom is -0.480 e. The van der Waals surface area contributed by atoms with E-state index in [4.69, 9.17) is 44.9 Å². The van der Waals surface area contributed by atoms with Gasteiger partial charge in [0.1, 0.15) is 48.3 Å². The third-order valence-corrected chi connectivity index (χ3v) is 17.5. The van der Waals surface area contributed by atoms with Gasteiger partial charge >= 0.3 is 5.97 Å². The number of carbonyl (C=O) groups excluding carboxylic acids is 8. The smallest absolute Gasteiger partial charge is 0.326 e. The molecular weight excluding hydrogens is 1320 g/mol. The number of H-pyrrole nitrogens is 3. The number of fused-ring (bicyclic) bond motifs is 3. The van der Waals surface area contributed by atoms with Gasteiger partial charge in [-0.1, -0.05) is 98.8 Å². The zero-order valence-corrected chi connectivity index (χ0v) is 57.8. The first-order valence-electron chi connectivity index (χ1n) is 34.4. The molecule has 32 heteroatoms. The highest BCUT2D eigenvalue weighted by Gasteiger charge is 2.37. The van der Waals surface area contributed by atoms with Crippen LogP contribution in [0.1, 0.15) is 93.9 Å². The van der Waals surface area contributed by atoms with Crippen LogP contribution in [0.5, 0.6) is 0 Å². The summed E-state index contributed by atoms with van der Waals surface area (Å²) in [6, 6.07) is 18.3. The molecule has 28 N–H and O–H groups in total. The Morgan fingerprint density at radius 2 is 0.728 bits per heavy atom. The maximum Gasteiger partial charge on any atom is 0.326 e. The summed E-state index contributed by atoms with van der Waals surface area (Å²) in [5, 5.41) is 65.9. The van der Waals surface area contributed by atoms with Gasteiger partial charge in [0, 0.05) is 96.6 Å². The van der Waals surface area contributed by atoms with Gasteiger partial charge in [0.25, 0.3) is 0 Å². The molecule has 7 aromatic rings. The number of unbranched alkanes of at least 4 members (excludes halogenated alkanes) is 1. The summed E-state index contributed by atoms with van der Waals surface area (Å²) in [5.41, 5.74) is 33.5. The highest BCUT2D eigenvalue weighted by molar-refractivity contribution is 5.99. The monoisotopic (exact) mass is 1420 g/mol. The summed E-state index contributed by atoms with van der Waals surface area (Å²) in [5.74, 6) is -9.27. The van der Waals surface area contributed by atoms with Crippen molar-refractivity contribution in [2.75, 3.05) is 26.2 Å². The topological polar surface area (TPSA) is 555 Å². The van der Waals surface area contributed by atoms with Crippen LogP contribution >= 0.6 is 0 Å². The molecule has 0 aliphatic carbocycles. The van der Waals surface area contributed by atoms with Crippen LogP contribution in [0, 0.1) is 22.1 Å². The van der Waals surface area contributed by atoms with Gasteiger partial charge in [-0.05, 0) is 111 Å². The standard InChI is InChI=1S/C71H98N22O10/c1-40(2)59(93-60(94)48(73)22-14-30-80-69(74)75)67(101)91-57(35-43-38-84-50-24-10-7-20-46(43)50)65(99)89-55(33-41-17-4-3-5-18-41)64(98)88-52(26-12-13-29-72)61(95)86-53(27-15-31-81-70(76)77)62(96)87-54(28-16-32-82-71(78)79)63(97)90-56(34-42-37-83-49-23-9-6-19-45(42)49)66(100)92-58(68(102)103)36-44-39-85-51-25-11-8-21-47(44)51/h3-11,17-21,23-25,37-40,48,52-59,83-85H,12-16,22,26-36,72-73H2,1-2H3,(H,86,95)(H,87,96)(H,88,98)(H,89,99)(H,90,97)(H,91,101)(H,92,100)(H,93,94)(H,102,103)(H4,74,75,80)(H4,76,77,81)(H4,78,79,82)/t48-,52-,53-,54-,55-,56-,57-,58-,59-/m0/s1. The van der Waals surface area contributed by atoms with Crippen molar-refractivity contribution in [3.8, 4) is 0 Å². The van der Waals surface area contributed by atoms with Crippen molar-refractivity contribution in [1.82, 2.24) is 73.4 Å². The molecule has 0 fully saturated rings. The predicted octanol–water partition coefficient (Wildman–Crippen LogP) is 0.266. The van der Waals surface area contributed by atoms with Crippen LogP contribution in [0.4, 0.5) is 0 Å². The molecule has 8 amide bonds. The molecule has 0 saturated carbocycles. The van der Waals surface area contributed by atoms with Crippen molar-refractivity contribution < 1.29 is 48.3 Å². The normalized spacial score (nSPS) is 13.9. The molecule has 4 aromatic carbocycles. The second kappa shape index (κ2) is 39.5. The molecule has 7 rings (SSSR count). The Morgan fingerprint density at radius 3 is 1.12 bits per heavy atom. The quantitative estimate of drug-likeness (QED) is 0.0139. The number of aromatic amines is 3. The fraction of sp³-hybridized carbons (Fsp3) is 0.408. The number of hydrogen-bond acceptors (Lipinski definition) is 14. The van der Waals surface area contributed by atoms with E-state index in [1.54, 1.807) is 74.9 Å². The number of amides is 8. The third kappa shape index (κ3) is 24.4. The summed E-state index contributed by atoms with van der Waals surface area (Å²) >= 11 is 0. The summed E-state index contributed by atoms with van der Waals surface area (Å²) in [4.78, 5) is 140. The van der Waals surface area contributed by atoms with Gasteiger partial charge in [0.2, 0.25) is 47.3 Å². The van der Waals surface area contributed by atoms with E-state index >= 15 is 19.2 Å². The van der Waals surface area contributed by atoms with Crippen molar-refractivity contribution in [2.24, 2.45) is 34.6 Å². The maximum atomic E-state index is 15.1. The second-order valence-electron chi connectivity index (χ2n) is 25.7. The summed E-state index contributed by atoms with van der Waals surface area (Å²) in [6.07, 6.45) is 5.74. The molecule has 0 radical (unpaired) electrons. The Hall–Kier alpha value is -11.5. The van der Waals surface area contributed by atoms with E-state index in [-0.39, 0.29) is 115 Å². The number of rotatable bonds is 42. The van der Waals surface area contributed by atoms with Crippen LogP contribution in [-0.4, -0.2) is 172 Å². The van der Waals surface area contributed by atoms with Crippen LogP contribution in [0.2, 0.25) is 0 Å². The fourth-order valence-corrected chi connectivity index (χ4v) is 12.0. The van der Waals surface area contributed by atoms with Crippen molar-refractivity contribution in [2.45, 2.75) is 152 Å². The number of para-hydroxylation sites is 3. The lowest BCUT2D eigenvalue weighted by Gasteiger charge is -2.29. The maximum absolute atomic E-state index is 15.1. The van der Waals surface area contributed by atoms with Crippen LogP contribution in [0.15, 0.2) is 122 Å². The van der Waals surface area contributed by atoms with Gasteiger partial charge in [-0.3, -0.25) is 54.6 Å². The fourth-order valence-electron chi connectivity index (χ4n) is 12.0. The summed E-state index contributed by atoms with van der Waals surface area (Å²) in [7, 11) is 0. The minimum atomic E-state index is -1.47. The van der Waals surface area contributed by atoms with Crippen LogP contribution in [0.3, 0.4) is 0 Å². The molecular formula is C71H98N22O10. The van der Waals surface area contributed by atoms with Crippen molar-refractivity contribution >= 4 is 104 Å². The van der Waals surface area contributed by atoms with Gasteiger partial charge in [-0.15, -0.1) is 0 Å². The van der Waals surface area contributed by atoms with Crippen molar-refractivity contribution in [3.05, 3.63) is 144 Å². The van der Waals surface area contributed by atoms with Crippen LogP contribution in [0.25, 0.3) is 32.7 Å². The molecule has 0 aliphatic heterocycles. The average molecular weight is 1420 g/mol. The Balaban J connectivity index is 1.16. The Morgan fingerprint density at radius 1 is 0.398 bits per heavy atom. The largest absolute Gasteiger partial charge is 0.480 e. The van der Waals surface area contributed by atoms with E-state index in [1.165, 1.54) is 0 Å². The molecule has 0 bridgehead atoms. The van der Waals surface area contributed by atoms with Gasteiger partial charge in [-0.25, -0.2) is 4.79 Å². The van der Waals surface area contributed by atoms with E-state index in [2.05, 4.69) is 73.4 Å². The lowest BCUT2D eigenvalue weighted by atomic mass is 9.99. The lowest BCUT2D eigenvalue weighted by molar-refractivity contribution is -0.142. The number of carbonyl (C=O) groups is 9.